The molecule has 0 heterocycles. The molecule has 0 amide bonds. The van der Waals surface area contributed by atoms with Crippen molar-refractivity contribution in [1.82, 2.24) is 0 Å². The van der Waals surface area contributed by atoms with E-state index in [9.17, 15) is 0 Å². The third-order valence-corrected chi connectivity index (χ3v) is 3.64. The second-order valence-electron chi connectivity index (χ2n) is 3.87. The SMILES string of the molecule is C/C=C\C1C2C=CC(C2)C1CCl. The maximum atomic E-state index is 5.96. The lowest BCUT2D eigenvalue weighted by atomic mass is 9.84. The van der Waals surface area contributed by atoms with Gasteiger partial charge < -0.3 is 0 Å². The number of halogens is 1. The van der Waals surface area contributed by atoms with Crippen molar-refractivity contribution in [2.45, 2.75) is 13.3 Å². The van der Waals surface area contributed by atoms with Crippen LogP contribution in [-0.4, -0.2) is 5.88 Å². The second-order valence-corrected chi connectivity index (χ2v) is 4.18. The van der Waals surface area contributed by atoms with Crippen LogP contribution < -0.4 is 0 Å². The molecule has 1 fully saturated rings. The number of alkyl halides is 1. The molecule has 2 rings (SSSR count). The summed E-state index contributed by atoms with van der Waals surface area (Å²) in [5.41, 5.74) is 0. The van der Waals surface area contributed by atoms with Crippen molar-refractivity contribution in [3.05, 3.63) is 24.3 Å². The monoisotopic (exact) mass is 182 g/mol. The third-order valence-electron chi connectivity index (χ3n) is 3.28. The summed E-state index contributed by atoms with van der Waals surface area (Å²) < 4.78 is 0. The van der Waals surface area contributed by atoms with Gasteiger partial charge in [0, 0.05) is 5.88 Å². The van der Waals surface area contributed by atoms with Gasteiger partial charge in [-0.1, -0.05) is 24.3 Å². The van der Waals surface area contributed by atoms with Gasteiger partial charge in [0.15, 0.2) is 0 Å². The van der Waals surface area contributed by atoms with Crippen molar-refractivity contribution in [1.29, 1.82) is 0 Å². The van der Waals surface area contributed by atoms with E-state index in [4.69, 9.17) is 11.6 Å². The lowest BCUT2D eigenvalue weighted by Crippen LogP contribution is -2.18. The van der Waals surface area contributed by atoms with Gasteiger partial charge in [-0.3, -0.25) is 0 Å². The van der Waals surface area contributed by atoms with Crippen LogP contribution in [0.1, 0.15) is 13.3 Å². The molecule has 0 aliphatic heterocycles. The Kier molecular flexibility index (Phi) is 2.27. The minimum absolute atomic E-state index is 0.706. The molecule has 66 valence electrons. The van der Waals surface area contributed by atoms with Crippen molar-refractivity contribution in [3.8, 4) is 0 Å². The number of rotatable bonds is 2. The Morgan fingerprint density at radius 1 is 1.42 bits per heavy atom. The molecule has 0 aromatic heterocycles. The molecule has 2 aliphatic rings. The summed E-state index contributed by atoms with van der Waals surface area (Å²) >= 11 is 5.96. The smallest absolute Gasteiger partial charge is 0.0263 e. The zero-order valence-electron chi connectivity index (χ0n) is 7.41. The molecule has 12 heavy (non-hydrogen) atoms. The van der Waals surface area contributed by atoms with E-state index in [0.29, 0.717) is 5.92 Å². The first-order chi connectivity index (χ1) is 5.86. The number of allylic oxidation sites excluding steroid dienone is 4. The summed E-state index contributed by atoms with van der Waals surface area (Å²) in [5.74, 6) is 3.81. The Bertz CT molecular complexity index is 217. The normalized spacial score (nSPS) is 44.8. The molecule has 0 aromatic carbocycles. The van der Waals surface area contributed by atoms with Crippen LogP contribution in [0.5, 0.6) is 0 Å². The van der Waals surface area contributed by atoms with Crippen LogP contribution in [0.2, 0.25) is 0 Å². The molecule has 0 aromatic rings. The molecule has 2 bridgehead atoms. The van der Waals surface area contributed by atoms with Gasteiger partial charge in [0.25, 0.3) is 0 Å². The van der Waals surface area contributed by atoms with E-state index in [0.717, 1.165) is 23.6 Å². The average molecular weight is 183 g/mol. The van der Waals surface area contributed by atoms with Gasteiger partial charge in [0.2, 0.25) is 0 Å². The van der Waals surface area contributed by atoms with Gasteiger partial charge in [0.05, 0.1) is 0 Å². The highest BCUT2D eigenvalue weighted by molar-refractivity contribution is 6.18. The molecule has 4 unspecified atom stereocenters. The summed E-state index contributed by atoms with van der Waals surface area (Å²) in [4.78, 5) is 0. The van der Waals surface area contributed by atoms with E-state index in [-0.39, 0.29) is 0 Å². The minimum Gasteiger partial charge on any atom is -0.126 e. The number of fused-ring (bicyclic) bond motifs is 2. The Labute approximate surface area is 79.3 Å². The van der Waals surface area contributed by atoms with Gasteiger partial charge in [0.1, 0.15) is 0 Å². The van der Waals surface area contributed by atoms with Crippen molar-refractivity contribution in [2.24, 2.45) is 23.7 Å². The Balaban J connectivity index is 2.17. The highest BCUT2D eigenvalue weighted by Gasteiger charge is 2.42. The molecule has 4 atom stereocenters. The largest absolute Gasteiger partial charge is 0.126 e. The van der Waals surface area contributed by atoms with Crippen molar-refractivity contribution < 1.29 is 0 Å². The van der Waals surface area contributed by atoms with Crippen molar-refractivity contribution >= 4 is 11.6 Å². The molecular formula is C11H15Cl. The van der Waals surface area contributed by atoms with Gasteiger partial charge in [-0.2, -0.15) is 0 Å². The molecule has 0 spiro atoms. The van der Waals surface area contributed by atoms with Crippen LogP contribution in [0.25, 0.3) is 0 Å². The topological polar surface area (TPSA) is 0 Å². The van der Waals surface area contributed by atoms with Crippen LogP contribution in [0.15, 0.2) is 24.3 Å². The fourth-order valence-electron chi connectivity index (χ4n) is 2.69. The highest BCUT2D eigenvalue weighted by Crippen LogP contribution is 2.48. The molecule has 0 nitrogen and oxygen atoms in total. The fraction of sp³-hybridized carbons (Fsp3) is 0.636. The van der Waals surface area contributed by atoms with E-state index < -0.39 is 0 Å². The van der Waals surface area contributed by atoms with Crippen LogP contribution in [0, 0.1) is 23.7 Å². The van der Waals surface area contributed by atoms with Gasteiger partial charge in [-0.25, -0.2) is 0 Å². The van der Waals surface area contributed by atoms with Gasteiger partial charge >= 0.3 is 0 Å². The number of hydrogen-bond donors (Lipinski definition) is 0. The van der Waals surface area contributed by atoms with Crippen molar-refractivity contribution in [3.63, 3.8) is 0 Å². The fourth-order valence-corrected chi connectivity index (χ4v) is 3.12. The van der Waals surface area contributed by atoms with Crippen LogP contribution in [0.3, 0.4) is 0 Å². The Morgan fingerprint density at radius 3 is 2.83 bits per heavy atom. The lowest BCUT2D eigenvalue weighted by Gasteiger charge is -2.23. The molecule has 0 saturated heterocycles. The van der Waals surface area contributed by atoms with Crippen LogP contribution >= 0.6 is 11.6 Å². The predicted octanol–water partition coefficient (Wildman–Crippen LogP) is 3.24. The second kappa shape index (κ2) is 3.26. The molecule has 0 radical (unpaired) electrons. The number of hydrogen-bond acceptors (Lipinski definition) is 0. The van der Waals surface area contributed by atoms with E-state index in [2.05, 4.69) is 31.2 Å². The Hall–Kier alpha value is -0.230. The first kappa shape index (κ1) is 8.37. The van der Waals surface area contributed by atoms with Crippen LogP contribution in [-0.2, 0) is 0 Å². The predicted molar refractivity (Wildman–Crippen MR) is 53.3 cm³/mol. The van der Waals surface area contributed by atoms with Crippen molar-refractivity contribution in [2.75, 3.05) is 5.88 Å². The molecular weight excluding hydrogens is 168 g/mol. The molecule has 0 N–H and O–H groups in total. The average Bonchev–Trinajstić information content (AvgIpc) is 2.64. The molecule has 1 saturated carbocycles. The van der Waals surface area contributed by atoms with E-state index in [1.807, 2.05) is 0 Å². The van der Waals surface area contributed by atoms with Gasteiger partial charge in [-0.15, -0.1) is 11.6 Å². The minimum atomic E-state index is 0.706. The lowest BCUT2D eigenvalue weighted by molar-refractivity contribution is 0.408. The summed E-state index contributed by atoms with van der Waals surface area (Å²) in [5, 5.41) is 0. The molecule has 2 aliphatic carbocycles. The van der Waals surface area contributed by atoms with E-state index in [1.54, 1.807) is 0 Å². The summed E-state index contributed by atoms with van der Waals surface area (Å²) in [6.07, 6.45) is 10.6. The van der Waals surface area contributed by atoms with Crippen LogP contribution in [0.4, 0.5) is 0 Å². The third kappa shape index (κ3) is 1.13. The maximum absolute atomic E-state index is 5.96. The molecule has 1 heteroatoms. The van der Waals surface area contributed by atoms with E-state index in [1.165, 1.54) is 6.42 Å². The summed E-state index contributed by atoms with van der Waals surface area (Å²) in [6.45, 7) is 2.10. The zero-order chi connectivity index (χ0) is 8.55. The van der Waals surface area contributed by atoms with E-state index >= 15 is 0 Å². The first-order valence-corrected chi connectivity index (χ1v) is 5.27. The quantitative estimate of drug-likeness (QED) is 0.455. The van der Waals surface area contributed by atoms with Gasteiger partial charge in [-0.05, 0) is 37.0 Å². The first-order valence-electron chi connectivity index (χ1n) is 4.74. The summed E-state index contributed by atoms with van der Waals surface area (Å²) in [6, 6.07) is 0. The summed E-state index contributed by atoms with van der Waals surface area (Å²) in [7, 11) is 0. The zero-order valence-corrected chi connectivity index (χ0v) is 8.17. The standard InChI is InChI=1S/C11H15Cl/c1-2-3-10-8-4-5-9(6-8)11(10)7-12/h2-5,8-11H,6-7H2,1H3/b3-2-. The highest BCUT2D eigenvalue weighted by atomic mass is 35.5. The Morgan fingerprint density at radius 2 is 2.17 bits per heavy atom. The maximum Gasteiger partial charge on any atom is 0.0263 e.